The van der Waals surface area contributed by atoms with Crippen LogP contribution in [-0.4, -0.2) is 31.7 Å². The molecular weight excluding hydrogens is 248 g/mol. The predicted octanol–water partition coefficient (Wildman–Crippen LogP) is 0.921. The van der Waals surface area contributed by atoms with Crippen molar-refractivity contribution in [3.63, 3.8) is 0 Å². The van der Waals surface area contributed by atoms with E-state index in [9.17, 15) is 10.2 Å². The van der Waals surface area contributed by atoms with Gasteiger partial charge in [-0.05, 0) is 35.2 Å². The van der Waals surface area contributed by atoms with Crippen molar-refractivity contribution in [2.75, 3.05) is 0 Å². The zero-order valence-electron chi connectivity index (χ0n) is 7.73. The summed E-state index contributed by atoms with van der Waals surface area (Å²) in [5.41, 5.74) is -0.877. The summed E-state index contributed by atoms with van der Waals surface area (Å²) in [6.45, 7) is 0.349. The molecule has 0 saturated heterocycles. The van der Waals surface area contributed by atoms with Crippen LogP contribution in [0.1, 0.15) is 19.3 Å². The maximum absolute atomic E-state index is 9.84. The molecule has 0 radical (unpaired) electrons. The van der Waals surface area contributed by atoms with Gasteiger partial charge in [-0.25, -0.2) is 0 Å². The van der Waals surface area contributed by atoms with Gasteiger partial charge in [-0.3, -0.25) is 4.68 Å². The van der Waals surface area contributed by atoms with Gasteiger partial charge in [0.1, 0.15) is 6.10 Å². The summed E-state index contributed by atoms with van der Waals surface area (Å²) in [4.78, 5) is 0. The molecule has 4 nitrogen and oxygen atoms in total. The molecule has 2 rings (SSSR count). The molecule has 1 fully saturated rings. The van der Waals surface area contributed by atoms with Gasteiger partial charge in [0.15, 0.2) is 0 Å². The molecule has 78 valence electrons. The van der Waals surface area contributed by atoms with Crippen LogP contribution in [0.4, 0.5) is 0 Å². The highest BCUT2D eigenvalue weighted by Gasteiger charge is 2.41. The Labute approximate surface area is 90.7 Å². The van der Waals surface area contributed by atoms with Crippen LogP contribution in [0.2, 0.25) is 0 Å². The topological polar surface area (TPSA) is 58.3 Å². The van der Waals surface area contributed by atoms with E-state index in [4.69, 9.17) is 0 Å². The lowest BCUT2D eigenvalue weighted by atomic mass is 9.76. The van der Waals surface area contributed by atoms with Crippen LogP contribution in [0.3, 0.4) is 0 Å². The second-order valence-electron chi connectivity index (χ2n) is 3.85. The second-order valence-corrected chi connectivity index (χ2v) is 4.77. The third-order valence-corrected chi connectivity index (χ3v) is 3.21. The minimum atomic E-state index is -0.877. The fourth-order valence-electron chi connectivity index (χ4n) is 1.66. The smallest absolute Gasteiger partial charge is 0.102 e. The molecule has 0 spiro atoms. The SMILES string of the molecule is OC(Cn1cc(Br)cn1)C1(O)CCC1. The summed E-state index contributed by atoms with van der Waals surface area (Å²) in [6, 6.07) is 0. The normalized spacial score (nSPS) is 21.6. The fourth-order valence-corrected chi connectivity index (χ4v) is 1.99. The number of aromatic nitrogens is 2. The molecule has 0 amide bonds. The van der Waals surface area contributed by atoms with Crippen LogP contribution in [0.25, 0.3) is 0 Å². The zero-order valence-corrected chi connectivity index (χ0v) is 9.31. The maximum atomic E-state index is 9.84. The number of aliphatic hydroxyl groups excluding tert-OH is 1. The predicted molar refractivity (Wildman–Crippen MR) is 54.7 cm³/mol. The molecule has 1 aliphatic rings. The van der Waals surface area contributed by atoms with Gasteiger partial charge >= 0.3 is 0 Å². The number of rotatable bonds is 3. The number of halogens is 1. The first-order valence-electron chi connectivity index (χ1n) is 4.68. The summed E-state index contributed by atoms with van der Waals surface area (Å²) in [5.74, 6) is 0. The third kappa shape index (κ3) is 1.85. The van der Waals surface area contributed by atoms with Crippen LogP contribution in [0.5, 0.6) is 0 Å². The Morgan fingerprint density at radius 3 is 2.79 bits per heavy atom. The standard InChI is InChI=1S/C9H13BrN2O2/c10-7-4-11-12(5-7)6-8(13)9(14)2-1-3-9/h4-5,8,13-14H,1-3,6H2. The van der Waals surface area contributed by atoms with Crippen molar-refractivity contribution in [2.24, 2.45) is 0 Å². The highest BCUT2D eigenvalue weighted by molar-refractivity contribution is 9.10. The molecule has 1 aromatic rings. The Morgan fingerprint density at radius 2 is 2.36 bits per heavy atom. The molecule has 0 bridgehead atoms. The molecular formula is C9H13BrN2O2. The quantitative estimate of drug-likeness (QED) is 0.850. The monoisotopic (exact) mass is 260 g/mol. The lowest BCUT2D eigenvalue weighted by Gasteiger charge is -2.40. The van der Waals surface area contributed by atoms with E-state index in [-0.39, 0.29) is 0 Å². The van der Waals surface area contributed by atoms with E-state index in [1.165, 1.54) is 0 Å². The maximum Gasteiger partial charge on any atom is 0.102 e. The van der Waals surface area contributed by atoms with E-state index in [1.54, 1.807) is 17.1 Å². The van der Waals surface area contributed by atoms with E-state index in [1.807, 2.05) is 0 Å². The molecule has 5 heteroatoms. The van der Waals surface area contributed by atoms with Crippen molar-refractivity contribution in [1.29, 1.82) is 0 Å². The molecule has 1 aromatic heterocycles. The van der Waals surface area contributed by atoms with Gasteiger partial charge < -0.3 is 10.2 Å². The molecule has 1 saturated carbocycles. The highest BCUT2D eigenvalue weighted by atomic mass is 79.9. The van der Waals surface area contributed by atoms with Crippen molar-refractivity contribution in [3.8, 4) is 0 Å². The molecule has 1 aliphatic carbocycles. The zero-order chi connectivity index (χ0) is 10.2. The van der Waals surface area contributed by atoms with Gasteiger partial charge in [0.25, 0.3) is 0 Å². The third-order valence-electron chi connectivity index (χ3n) is 2.80. The number of hydrogen-bond acceptors (Lipinski definition) is 3. The van der Waals surface area contributed by atoms with Gasteiger partial charge in [0, 0.05) is 6.20 Å². The van der Waals surface area contributed by atoms with E-state index in [0.717, 1.165) is 10.9 Å². The van der Waals surface area contributed by atoms with E-state index >= 15 is 0 Å². The summed E-state index contributed by atoms with van der Waals surface area (Å²) in [7, 11) is 0. The molecule has 0 aliphatic heterocycles. The Morgan fingerprint density at radius 1 is 1.64 bits per heavy atom. The average molecular weight is 261 g/mol. The van der Waals surface area contributed by atoms with E-state index in [2.05, 4.69) is 21.0 Å². The minimum Gasteiger partial charge on any atom is -0.388 e. The second kappa shape index (κ2) is 3.64. The number of hydrogen-bond donors (Lipinski definition) is 2. The van der Waals surface area contributed by atoms with Crippen LogP contribution in [-0.2, 0) is 6.54 Å². The molecule has 1 unspecified atom stereocenters. The Kier molecular flexibility index (Phi) is 2.64. The van der Waals surface area contributed by atoms with Crippen LogP contribution >= 0.6 is 15.9 Å². The summed E-state index contributed by atoms with van der Waals surface area (Å²) in [6.07, 6.45) is 5.11. The van der Waals surface area contributed by atoms with Crippen LogP contribution in [0, 0.1) is 0 Å². The lowest BCUT2D eigenvalue weighted by molar-refractivity contribution is -0.131. The Bertz CT molecular complexity index is 322. The van der Waals surface area contributed by atoms with E-state index in [0.29, 0.717) is 19.4 Å². The first-order chi connectivity index (χ1) is 6.60. The van der Waals surface area contributed by atoms with Crippen molar-refractivity contribution in [3.05, 3.63) is 16.9 Å². The highest BCUT2D eigenvalue weighted by Crippen LogP contribution is 2.35. The van der Waals surface area contributed by atoms with Crippen molar-refractivity contribution in [2.45, 2.75) is 37.5 Å². The number of nitrogens with zero attached hydrogens (tertiary/aromatic N) is 2. The molecule has 1 heterocycles. The van der Waals surface area contributed by atoms with Crippen LogP contribution in [0.15, 0.2) is 16.9 Å². The fraction of sp³-hybridized carbons (Fsp3) is 0.667. The summed E-state index contributed by atoms with van der Waals surface area (Å²) in [5, 5.41) is 23.6. The van der Waals surface area contributed by atoms with Crippen molar-refractivity contribution >= 4 is 15.9 Å². The van der Waals surface area contributed by atoms with Gasteiger partial charge in [-0.15, -0.1) is 0 Å². The van der Waals surface area contributed by atoms with Gasteiger partial charge in [-0.1, -0.05) is 0 Å². The van der Waals surface area contributed by atoms with Crippen molar-refractivity contribution in [1.82, 2.24) is 9.78 Å². The van der Waals surface area contributed by atoms with E-state index < -0.39 is 11.7 Å². The largest absolute Gasteiger partial charge is 0.388 e. The first-order valence-corrected chi connectivity index (χ1v) is 5.48. The summed E-state index contributed by atoms with van der Waals surface area (Å²) < 4.78 is 2.51. The van der Waals surface area contributed by atoms with Gasteiger partial charge in [0.05, 0.1) is 22.8 Å². The Hall–Kier alpha value is -0.390. The number of aliphatic hydroxyl groups is 2. The van der Waals surface area contributed by atoms with Crippen LogP contribution < -0.4 is 0 Å². The molecule has 2 N–H and O–H groups in total. The van der Waals surface area contributed by atoms with Gasteiger partial charge in [-0.2, -0.15) is 5.10 Å². The molecule has 0 aromatic carbocycles. The molecule has 1 atom stereocenters. The van der Waals surface area contributed by atoms with Crippen molar-refractivity contribution < 1.29 is 10.2 Å². The lowest BCUT2D eigenvalue weighted by Crippen LogP contribution is -2.50. The minimum absolute atomic E-state index is 0.349. The first kappa shape index (κ1) is 10.1. The van der Waals surface area contributed by atoms with Gasteiger partial charge in [0.2, 0.25) is 0 Å². The summed E-state index contributed by atoms with van der Waals surface area (Å²) >= 11 is 3.28. The Balaban J connectivity index is 1.97. The molecule has 14 heavy (non-hydrogen) atoms. The average Bonchev–Trinajstić information content (AvgIpc) is 2.47.